The highest BCUT2D eigenvalue weighted by molar-refractivity contribution is 5.93. The molecule has 0 aliphatic heterocycles. The molecule has 0 bridgehead atoms. The summed E-state index contributed by atoms with van der Waals surface area (Å²) in [6.45, 7) is 0. The van der Waals surface area contributed by atoms with Crippen molar-refractivity contribution < 1.29 is 14.3 Å². The Balaban J connectivity index is 2.22. The summed E-state index contributed by atoms with van der Waals surface area (Å²) in [6, 6.07) is 6.79. The predicted octanol–water partition coefficient (Wildman–Crippen LogP) is 0.765. The van der Waals surface area contributed by atoms with Crippen molar-refractivity contribution in [2.75, 3.05) is 0 Å². The molecule has 1 aromatic rings. The van der Waals surface area contributed by atoms with Crippen LogP contribution in [0.4, 0.5) is 4.79 Å². The van der Waals surface area contributed by atoms with Gasteiger partial charge in [0.15, 0.2) is 0 Å². The van der Waals surface area contributed by atoms with Crippen molar-refractivity contribution in [3.05, 3.63) is 35.4 Å². The fraction of sp³-hybridized carbons (Fsp3) is 0.333. The molecule has 2 amide bonds. The average molecular weight is 249 g/mol. The van der Waals surface area contributed by atoms with Crippen LogP contribution < -0.4 is 17.0 Å². The number of carbonyl (C=O) groups is 2. The molecule has 18 heavy (non-hydrogen) atoms. The molecule has 1 aromatic carbocycles. The maximum Gasteiger partial charge on any atom is 0.405 e. The molecule has 0 unspecified atom stereocenters. The molecular weight excluding hydrogens is 234 g/mol. The van der Waals surface area contributed by atoms with Gasteiger partial charge in [-0.3, -0.25) is 10.2 Å². The highest BCUT2D eigenvalue weighted by Gasteiger charge is 2.42. The first-order chi connectivity index (χ1) is 8.57. The third kappa shape index (κ3) is 2.14. The predicted molar refractivity (Wildman–Crippen MR) is 64.3 cm³/mol. The Kier molecular flexibility index (Phi) is 3.20. The lowest BCUT2D eigenvalue weighted by Crippen LogP contribution is -2.40. The Labute approximate surface area is 104 Å². The summed E-state index contributed by atoms with van der Waals surface area (Å²) in [6.07, 6.45) is 1.70. The van der Waals surface area contributed by atoms with Gasteiger partial charge in [0.1, 0.15) is 5.60 Å². The third-order valence-corrected chi connectivity index (χ3v) is 3.26. The van der Waals surface area contributed by atoms with Crippen LogP contribution in [0.1, 0.15) is 35.2 Å². The fourth-order valence-electron chi connectivity index (χ4n) is 2.15. The molecule has 0 radical (unpaired) electrons. The van der Waals surface area contributed by atoms with Crippen LogP contribution >= 0.6 is 0 Å². The number of carbonyl (C=O) groups excluding carboxylic acids is 2. The van der Waals surface area contributed by atoms with E-state index in [1.807, 2.05) is 0 Å². The molecule has 1 aliphatic rings. The number of ether oxygens (including phenoxy) is 1. The third-order valence-electron chi connectivity index (χ3n) is 3.26. The molecule has 0 atom stereocenters. The number of hydrogen-bond donors (Lipinski definition) is 3. The molecule has 1 aliphatic carbocycles. The highest BCUT2D eigenvalue weighted by Crippen LogP contribution is 2.44. The van der Waals surface area contributed by atoms with Crippen LogP contribution in [0.25, 0.3) is 0 Å². The van der Waals surface area contributed by atoms with E-state index in [2.05, 4.69) is 5.43 Å². The summed E-state index contributed by atoms with van der Waals surface area (Å²) >= 11 is 0. The van der Waals surface area contributed by atoms with E-state index in [9.17, 15) is 9.59 Å². The molecule has 96 valence electrons. The largest absolute Gasteiger partial charge is 0.438 e. The molecule has 1 fully saturated rings. The van der Waals surface area contributed by atoms with Crippen LogP contribution in [-0.4, -0.2) is 12.0 Å². The van der Waals surface area contributed by atoms with E-state index in [-0.39, 0.29) is 5.91 Å². The Morgan fingerprint density at radius 3 is 2.22 bits per heavy atom. The molecule has 6 heteroatoms. The van der Waals surface area contributed by atoms with Gasteiger partial charge in [0.2, 0.25) is 0 Å². The van der Waals surface area contributed by atoms with Crippen LogP contribution in [-0.2, 0) is 10.3 Å². The summed E-state index contributed by atoms with van der Waals surface area (Å²) in [5.41, 5.74) is 7.82. The van der Waals surface area contributed by atoms with E-state index in [1.54, 1.807) is 24.3 Å². The summed E-state index contributed by atoms with van der Waals surface area (Å²) in [5, 5.41) is 0. The SMILES string of the molecule is NNC(=O)c1ccc(C2(OC(N)=O)CCC2)cc1. The zero-order valence-corrected chi connectivity index (χ0v) is 9.81. The second-order valence-corrected chi connectivity index (χ2v) is 4.32. The molecule has 6 nitrogen and oxygen atoms in total. The first kappa shape index (κ1) is 12.4. The van der Waals surface area contributed by atoms with Gasteiger partial charge in [-0.15, -0.1) is 0 Å². The Bertz CT molecular complexity index is 466. The lowest BCUT2D eigenvalue weighted by atomic mass is 9.74. The lowest BCUT2D eigenvalue weighted by Gasteiger charge is -2.40. The van der Waals surface area contributed by atoms with Gasteiger partial charge in [-0.1, -0.05) is 12.1 Å². The number of rotatable bonds is 3. The fourth-order valence-corrected chi connectivity index (χ4v) is 2.15. The van der Waals surface area contributed by atoms with Gasteiger partial charge in [-0.05, 0) is 37.0 Å². The van der Waals surface area contributed by atoms with Gasteiger partial charge >= 0.3 is 6.09 Å². The van der Waals surface area contributed by atoms with Crippen molar-refractivity contribution in [1.82, 2.24) is 5.43 Å². The normalized spacial score (nSPS) is 16.5. The van der Waals surface area contributed by atoms with Crippen LogP contribution in [0.2, 0.25) is 0 Å². The maximum absolute atomic E-state index is 11.3. The lowest BCUT2D eigenvalue weighted by molar-refractivity contribution is -0.0490. The quantitative estimate of drug-likeness (QED) is 0.417. The zero-order chi connectivity index (χ0) is 13.2. The van der Waals surface area contributed by atoms with E-state index >= 15 is 0 Å². The standard InChI is InChI=1S/C12H15N3O3/c13-11(17)18-12(6-1-7-12)9-4-2-8(3-5-9)10(16)15-14/h2-5H,1,6-7,14H2,(H2,13,17)(H,15,16). The van der Waals surface area contributed by atoms with E-state index in [1.165, 1.54) is 0 Å². The minimum absolute atomic E-state index is 0.361. The number of primary amides is 1. The van der Waals surface area contributed by atoms with E-state index in [0.29, 0.717) is 5.56 Å². The van der Waals surface area contributed by atoms with Crippen molar-refractivity contribution in [3.63, 3.8) is 0 Å². The van der Waals surface area contributed by atoms with Gasteiger partial charge in [-0.2, -0.15) is 0 Å². The Hall–Kier alpha value is -2.08. The Morgan fingerprint density at radius 2 is 1.83 bits per heavy atom. The van der Waals surface area contributed by atoms with Crippen molar-refractivity contribution >= 4 is 12.0 Å². The van der Waals surface area contributed by atoms with E-state index in [4.69, 9.17) is 16.3 Å². The average Bonchev–Trinajstić information content (AvgIpc) is 2.33. The molecule has 2 rings (SSSR count). The number of benzene rings is 1. The monoisotopic (exact) mass is 249 g/mol. The van der Waals surface area contributed by atoms with Gasteiger partial charge in [0.25, 0.3) is 5.91 Å². The molecule has 1 saturated carbocycles. The highest BCUT2D eigenvalue weighted by atomic mass is 16.6. The van der Waals surface area contributed by atoms with Gasteiger partial charge < -0.3 is 10.5 Å². The first-order valence-corrected chi connectivity index (χ1v) is 5.67. The molecule has 0 saturated heterocycles. The molecule has 5 N–H and O–H groups in total. The summed E-state index contributed by atoms with van der Waals surface area (Å²) in [4.78, 5) is 22.2. The van der Waals surface area contributed by atoms with Crippen molar-refractivity contribution in [2.24, 2.45) is 11.6 Å². The molecule has 0 heterocycles. The van der Waals surface area contributed by atoms with Crippen LogP contribution in [0.5, 0.6) is 0 Å². The second-order valence-electron chi connectivity index (χ2n) is 4.32. The summed E-state index contributed by atoms with van der Waals surface area (Å²) in [5.74, 6) is 4.68. The van der Waals surface area contributed by atoms with Crippen molar-refractivity contribution in [2.45, 2.75) is 24.9 Å². The summed E-state index contributed by atoms with van der Waals surface area (Å²) < 4.78 is 5.20. The number of amides is 2. The van der Waals surface area contributed by atoms with Crippen LogP contribution in [0.3, 0.4) is 0 Å². The minimum Gasteiger partial charge on any atom is -0.438 e. The van der Waals surface area contributed by atoms with Crippen LogP contribution in [0.15, 0.2) is 24.3 Å². The van der Waals surface area contributed by atoms with Crippen molar-refractivity contribution in [3.8, 4) is 0 Å². The van der Waals surface area contributed by atoms with Gasteiger partial charge in [0.05, 0.1) is 0 Å². The zero-order valence-electron chi connectivity index (χ0n) is 9.81. The molecule has 0 aromatic heterocycles. The maximum atomic E-state index is 11.3. The molecular formula is C12H15N3O3. The smallest absolute Gasteiger partial charge is 0.405 e. The van der Waals surface area contributed by atoms with Gasteiger partial charge in [0, 0.05) is 5.56 Å². The minimum atomic E-state index is -0.779. The Morgan fingerprint density at radius 1 is 1.22 bits per heavy atom. The van der Waals surface area contributed by atoms with Gasteiger partial charge in [-0.25, -0.2) is 10.6 Å². The van der Waals surface area contributed by atoms with Crippen molar-refractivity contribution in [1.29, 1.82) is 0 Å². The second kappa shape index (κ2) is 4.66. The number of nitrogens with two attached hydrogens (primary N) is 2. The number of hydrazine groups is 1. The first-order valence-electron chi connectivity index (χ1n) is 5.67. The van der Waals surface area contributed by atoms with Crippen LogP contribution in [0, 0.1) is 0 Å². The molecule has 0 spiro atoms. The topological polar surface area (TPSA) is 107 Å². The van der Waals surface area contributed by atoms with E-state index < -0.39 is 11.7 Å². The van der Waals surface area contributed by atoms with E-state index in [0.717, 1.165) is 24.8 Å². The number of hydrogen-bond acceptors (Lipinski definition) is 4. The number of nitrogen functional groups attached to an aromatic ring is 1. The summed E-state index contributed by atoms with van der Waals surface area (Å²) in [7, 11) is 0. The number of nitrogens with one attached hydrogen (secondary N) is 1.